The lowest BCUT2D eigenvalue weighted by molar-refractivity contribution is 0.0535. The lowest BCUT2D eigenvalue weighted by Gasteiger charge is -2.13. The SMILES string of the molecule is COC(C(=O)c1cc(Br)ccc1F)C1CC1. The molecular weight excluding hydrogens is 275 g/mol. The largest absolute Gasteiger partial charge is 0.373 e. The van der Waals surface area contributed by atoms with E-state index in [0.717, 1.165) is 12.8 Å². The molecule has 0 aromatic heterocycles. The van der Waals surface area contributed by atoms with Gasteiger partial charge in [0.05, 0.1) is 5.56 Å². The van der Waals surface area contributed by atoms with Gasteiger partial charge in [-0.05, 0) is 37.0 Å². The second kappa shape index (κ2) is 4.63. The van der Waals surface area contributed by atoms with Crippen LogP contribution >= 0.6 is 15.9 Å². The quantitative estimate of drug-likeness (QED) is 0.795. The number of rotatable bonds is 4. The predicted molar refractivity (Wildman–Crippen MR) is 62.0 cm³/mol. The summed E-state index contributed by atoms with van der Waals surface area (Å²) in [5.41, 5.74) is 0.105. The maximum Gasteiger partial charge on any atom is 0.194 e. The summed E-state index contributed by atoms with van der Waals surface area (Å²) in [6, 6.07) is 4.37. The molecule has 1 aliphatic rings. The van der Waals surface area contributed by atoms with Crippen molar-refractivity contribution in [3.63, 3.8) is 0 Å². The van der Waals surface area contributed by atoms with Crippen LogP contribution in [0.4, 0.5) is 4.39 Å². The van der Waals surface area contributed by atoms with Crippen molar-refractivity contribution in [2.24, 2.45) is 5.92 Å². The standard InChI is InChI=1S/C12H12BrFO2/c1-16-12(7-2-3-7)11(15)9-6-8(13)4-5-10(9)14/h4-7,12H,2-3H2,1H3. The number of halogens is 2. The van der Waals surface area contributed by atoms with Gasteiger partial charge in [-0.25, -0.2) is 4.39 Å². The number of hydrogen-bond acceptors (Lipinski definition) is 2. The summed E-state index contributed by atoms with van der Waals surface area (Å²) in [6.07, 6.45) is 1.48. The van der Waals surface area contributed by atoms with Gasteiger partial charge in [0.15, 0.2) is 5.78 Å². The number of carbonyl (C=O) groups excluding carboxylic acids is 1. The fraction of sp³-hybridized carbons (Fsp3) is 0.417. The number of carbonyl (C=O) groups is 1. The molecule has 0 bridgehead atoms. The number of hydrogen-bond donors (Lipinski definition) is 0. The van der Waals surface area contributed by atoms with Crippen molar-refractivity contribution in [1.29, 1.82) is 0 Å². The minimum atomic E-state index is -0.496. The highest BCUT2D eigenvalue weighted by Crippen LogP contribution is 2.36. The van der Waals surface area contributed by atoms with Gasteiger partial charge in [0.1, 0.15) is 11.9 Å². The van der Waals surface area contributed by atoms with E-state index >= 15 is 0 Å². The van der Waals surface area contributed by atoms with Crippen molar-refractivity contribution in [1.82, 2.24) is 0 Å². The first-order valence-electron chi connectivity index (χ1n) is 5.15. The van der Waals surface area contributed by atoms with E-state index in [1.54, 1.807) is 6.07 Å². The summed E-state index contributed by atoms with van der Waals surface area (Å²) in [4.78, 5) is 12.0. The van der Waals surface area contributed by atoms with E-state index in [1.165, 1.54) is 19.2 Å². The maximum absolute atomic E-state index is 13.5. The first-order valence-corrected chi connectivity index (χ1v) is 5.95. The zero-order valence-electron chi connectivity index (χ0n) is 8.87. The molecule has 0 spiro atoms. The highest BCUT2D eigenvalue weighted by Gasteiger charge is 2.37. The summed E-state index contributed by atoms with van der Waals surface area (Å²) in [6.45, 7) is 0. The summed E-state index contributed by atoms with van der Waals surface area (Å²) >= 11 is 3.23. The van der Waals surface area contributed by atoms with Crippen LogP contribution in [-0.4, -0.2) is 19.0 Å². The molecule has 1 aromatic carbocycles. The molecule has 0 N–H and O–H groups in total. The fourth-order valence-corrected chi connectivity index (χ4v) is 2.11. The van der Waals surface area contributed by atoms with Crippen LogP contribution in [0.5, 0.6) is 0 Å². The van der Waals surface area contributed by atoms with Crippen molar-refractivity contribution in [3.05, 3.63) is 34.1 Å². The molecule has 1 fully saturated rings. The Labute approximate surface area is 102 Å². The van der Waals surface area contributed by atoms with Gasteiger partial charge in [-0.15, -0.1) is 0 Å². The second-order valence-electron chi connectivity index (χ2n) is 3.98. The molecule has 2 rings (SSSR count). The van der Waals surface area contributed by atoms with Crippen LogP contribution in [-0.2, 0) is 4.74 Å². The van der Waals surface area contributed by atoms with Gasteiger partial charge < -0.3 is 4.74 Å². The van der Waals surface area contributed by atoms with E-state index in [-0.39, 0.29) is 17.3 Å². The van der Waals surface area contributed by atoms with E-state index in [9.17, 15) is 9.18 Å². The molecule has 1 aliphatic carbocycles. The van der Waals surface area contributed by atoms with Crippen LogP contribution in [0.1, 0.15) is 23.2 Å². The molecular formula is C12H12BrFO2. The fourth-order valence-electron chi connectivity index (χ4n) is 1.75. The Balaban J connectivity index is 2.28. The molecule has 2 nitrogen and oxygen atoms in total. The third-order valence-corrected chi connectivity index (χ3v) is 3.25. The summed E-state index contributed by atoms with van der Waals surface area (Å²) in [7, 11) is 1.50. The Kier molecular flexibility index (Phi) is 3.40. The summed E-state index contributed by atoms with van der Waals surface area (Å²) in [5, 5.41) is 0. The van der Waals surface area contributed by atoms with E-state index in [4.69, 9.17) is 4.74 Å². The zero-order valence-corrected chi connectivity index (χ0v) is 10.5. The zero-order chi connectivity index (χ0) is 11.7. The van der Waals surface area contributed by atoms with E-state index in [2.05, 4.69) is 15.9 Å². The maximum atomic E-state index is 13.5. The third kappa shape index (κ3) is 2.33. The molecule has 1 saturated carbocycles. The van der Waals surface area contributed by atoms with Gasteiger partial charge in [-0.1, -0.05) is 15.9 Å². The summed E-state index contributed by atoms with van der Waals surface area (Å²) in [5.74, 6) is -0.490. The molecule has 0 saturated heterocycles. The molecule has 1 atom stereocenters. The Morgan fingerprint density at radius 3 is 2.81 bits per heavy atom. The second-order valence-corrected chi connectivity index (χ2v) is 4.90. The highest BCUT2D eigenvalue weighted by molar-refractivity contribution is 9.10. The Morgan fingerprint density at radius 2 is 2.25 bits per heavy atom. The van der Waals surface area contributed by atoms with Gasteiger partial charge in [0.25, 0.3) is 0 Å². The first kappa shape index (κ1) is 11.7. The molecule has 0 heterocycles. The summed E-state index contributed by atoms with van der Waals surface area (Å²) < 4.78 is 19.4. The van der Waals surface area contributed by atoms with E-state index < -0.39 is 11.9 Å². The topological polar surface area (TPSA) is 26.3 Å². The average molecular weight is 287 g/mol. The number of ether oxygens (including phenoxy) is 1. The van der Waals surface area contributed by atoms with Crippen molar-refractivity contribution in [3.8, 4) is 0 Å². The number of benzene rings is 1. The molecule has 0 radical (unpaired) electrons. The van der Waals surface area contributed by atoms with Crippen molar-refractivity contribution in [2.45, 2.75) is 18.9 Å². The van der Waals surface area contributed by atoms with Crippen LogP contribution in [0.2, 0.25) is 0 Å². The number of ketones is 1. The van der Waals surface area contributed by atoms with Crippen LogP contribution in [0, 0.1) is 11.7 Å². The lowest BCUT2D eigenvalue weighted by Crippen LogP contribution is -2.26. The normalized spacial score (nSPS) is 17.2. The van der Waals surface area contributed by atoms with Gasteiger partial charge in [-0.2, -0.15) is 0 Å². The average Bonchev–Trinajstić information content (AvgIpc) is 3.07. The van der Waals surface area contributed by atoms with Gasteiger partial charge >= 0.3 is 0 Å². The number of Topliss-reactive ketones (excluding diaryl/α,β-unsaturated/α-hetero) is 1. The van der Waals surface area contributed by atoms with E-state index in [1.807, 2.05) is 0 Å². The highest BCUT2D eigenvalue weighted by atomic mass is 79.9. The van der Waals surface area contributed by atoms with Gasteiger partial charge in [0, 0.05) is 11.6 Å². The Morgan fingerprint density at radius 1 is 1.56 bits per heavy atom. The van der Waals surface area contributed by atoms with E-state index in [0.29, 0.717) is 4.47 Å². The minimum Gasteiger partial charge on any atom is -0.373 e. The van der Waals surface area contributed by atoms with Crippen molar-refractivity contribution < 1.29 is 13.9 Å². The monoisotopic (exact) mass is 286 g/mol. The predicted octanol–water partition coefficient (Wildman–Crippen LogP) is 3.20. The molecule has 1 unspecified atom stereocenters. The van der Waals surface area contributed by atoms with Crippen molar-refractivity contribution >= 4 is 21.7 Å². The molecule has 0 aliphatic heterocycles. The van der Waals surface area contributed by atoms with Crippen LogP contribution in [0.25, 0.3) is 0 Å². The van der Waals surface area contributed by atoms with Crippen LogP contribution < -0.4 is 0 Å². The van der Waals surface area contributed by atoms with Crippen LogP contribution in [0.3, 0.4) is 0 Å². The molecule has 1 aromatic rings. The first-order chi connectivity index (χ1) is 7.63. The smallest absolute Gasteiger partial charge is 0.194 e. The number of methoxy groups -OCH3 is 1. The molecule has 16 heavy (non-hydrogen) atoms. The van der Waals surface area contributed by atoms with Gasteiger partial charge in [-0.3, -0.25) is 4.79 Å². The minimum absolute atomic E-state index is 0.105. The molecule has 4 heteroatoms. The molecule has 86 valence electrons. The van der Waals surface area contributed by atoms with Crippen molar-refractivity contribution in [2.75, 3.05) is 7.11 Å². The third-order valence-electron chi connectivity index (χ3n) is 2.76. The lowest BCUT2D eigenvalue weighted by atomic mass is 10.0. The Bertz CT molecular complexity index is 415. The van der Waals surface area contributed by atoms with Gasteiger partial charge in [0.2, 0.25) is 0 Å². The van der Waals surface area contributed by atoms with Crippen LogP contribution in [0.15, 0.2) is 22.7 Å². The molecule has 0 amide bonds. The Hall–Kier alpha value is -0.740.